The summed E-state index contributed by atoms with van der Waals surface area (Å²) in [6.07, 6.45) is 4.88. The molecular formula is C11H11BrN4OS. The molecule has 2 N–H and O–H groups in total. The Morgan fingerprint density at radius 1 is 1.50 bits per heavy atom. The van der Waals surface area contributed by atoms with Gasteiger partial charge in [-0.1, -0.05) is 11.3 Å². The molecule has 0 saturated carbocycles. The van der Waals surface area contributed by atoms with Gasteiger partial charge in [0.15, 0.2) is 5.13 Å². The molecule has 5 nitrogen and oxygen atoms in total. The standard InChI is InChI=1S/C11H11BrN4OS/c1-2-14-8-5-13-4-3-7(8)10(17)16-11-15-6-9(12)18-11/h3-6,14H,2H2,1H3,(H,15,16,17). The molecule has 0 aliphatic rings. The summed E-state index contributed by atoms with van der Waals surface area (Å²) in [5, 5.41) is 6.41. The molecule has 18 heavy (non-hydrogen) atoms. The maximum atomic E-state index is 12.1. The van der Waals surface area contributed by atoms with Crippen molar-refractivity contribution in [3.8, 4) is 0 Å². The minimum absolute atomic E-state index is 0.199. The SMILES string of the molecule is CCNc1cnccc1C(=O)Nc1ncc(Br)s1. The van der Waals surface area contributed by atoms with Crippen LogP contribution in [-0.2, 0) is 0 Å². The second-order valence-electron chi connectivity index (χ2n) is 3.38. The Balaban J connectivity index is 2.18. The van der Waals surface area contributed by atoms with Crippen LogP contribution < -0.4 is 10.6 Å². The van der Waals surface area contributed by atoms with Crippen LogP contribution in [-0.4, -0.2) is 22.4 Å². The van der Waals surface area contributed by atoms with Crippen molar-refractivity contribution in [1.82, 2.24) is 9.97 Å². The number of amides is 1. The molecular weight excluding hydrogens is 316 g/mol. The van der Waals surface area contributed by atoms with Gasteiger partial charge in [0.1, 0.15) is 0 Å². The number of rotatable bonds is 4. The van der Waals surface area contributed by atoms with Gasteiger partial charge >= 0.3 is 0 Å². The van der Waals surface area contributed by atoms with Crippen molar-refractivity contribution in [2.24, 2.45) is 0 Å². The fraction of sp³-hybridized carbons (Fsp3) is 0.182. The summed E-state index contributed by atoms with van der Waals surface area (Å²) in [7, 11) is 0. The first kappa shape index (κ1) is 13.0. The monoisotopic (exact) mass is 326 g/mol. The van der Waals surface area contributed by atoms with Crippen LogP contribution >= 0.6 is 27.3 Å². The van der Waals surface area contributed by atoms with E-state index in [0.717, 1.165) is 10.3 Å². The number of nitrogens with zero attached hydrogens (tertiary/aromatic N) is 2. The number of nitrogens with one attached hydrogen (secondary N) is 2. The van der Waals surface area contributed by atoms with E-state index in [2.05, 4.69) is 36.5 Å². The highest BCUT2D eigenvalue weighted by atomic mass is 79.9. The van der Waals surface area contributed by atoms with Crippen LogP contribution in [0.4, 0.5) is 10.8 Å². The number of hydrogen-bond acceptors (Lipinski definition) is 5. The molecule has 2 aromatic rings. The number of pyridine rings is 1. The van der Waals surface area contributed by atoms with Gasteiger partial charge in [-0.25, -0.2) is 4.98 Å². The van der Waals surface area contributed by atoms with Crippen molar-refractivity contribution < 1.29 is 4.79 Å². The third kappa shape index (κ3) is 3.05. The van der Waals surface area contributed by atoms with Gasteiger partial charge in [-0.3, -0.25) is 15.1 Å². The zero-order chi connectivity index (χ0) is 13.0. The van der Waals surface area contributed by atoms with Gasteiger partial charge < -0.3 is 5.32 Å². The summed E-state index contributed by atoms with van der Waals surface area (Å²) in [6, 6.07) is 1.68. The zero-order valence-electron chi connectivity index (χ0n) is 9.61. The normalized spacial score (nSPS) is 10.1. The molecule has 0 atom stereocenters. The van der Waals surface area contributed by atoms with E-state index in [4.69, 9.17) is 0 Å². The third-order valence-electron chi connectivity index (χ3n) is 2.13. The Morgan fingerprint density at radius 3 is 3.00 bits per heavy atom. The van der Waals surface area contributed by atoms with Gasteiger partial charge in [-0.2, -0.15) is 0 Å². The van der Waals surface area contributed by atoms with Gasteiger partial charge in [-0.05, 0) is 28.9 Å². The van der Waals surface area contributed by atoms with Crippen LogP contribution in [0.3, 0.4) is 0 Å². The lowest BCUT2D eigenvalue weighted by Crippen LogP contribution is -2.14. The predicted octanol–water partition coefficient (Wildman–Crippen LogP) is 2.98. The first-order chi connectivity index (χ1) is 8.70. The van der Waals surface area contributed by atoms with Crippen LogP contribution in [0.2, 0.25) is 0 Å². The molecule has 0 unspecified atom stereocenters. The molecule has 0 spiro atoms. The first-order valence-electron chi connectivity index (χ1n) is 5.31. The number of thiazole rings is 1. The van der Waals surface area contributed by atoms with Crippen LogP contribution in [0.25, 0.3) is 0 Å². The summed E-state index contributed by atoms with van der Waals surface area (Å²) in [4.78, 5) is 20.1. The largest absolute Gasteiger partial charge is 0.383 e. The van der Waals surface area contributed by atoms with Gasteiger partial charge in [0.2, 0.25) is 0 Å². The zero-order valence-corrected chi connectivity index (χ0v) is 12.0. The maximum Gasteiger partial charge on any atom is 0.259 e. The predicted molar refractivity (Wildman–Crippen MR) is 76.2 cm³/mol. The van der Waals surface area contributed by atoms with Crippen molar-refractivity contribution in [3.63, 3.8) is 0 Å². The van der Waals surface area contributed by atoms with E-state index in [1.165, 1.54) is 11.3 Å². The Hall–Kier alpha value is -1.47. The number of carbonyl (C=O) groups is 1. The molecule has 94 valence electrons. The molecule has 0 aliphatic carbocycles. The second-order valence-corrected chi connectivity index (χ2v) is 5.79. The highest BCUT2D eigenvalue weighted by Gasteiger charge is 2.12. The molecule has 7 heteroatoms. The fourth-order valence-corrected chi connectivity index (χ4v) is 2.50. The lowest BCUT2D eigenvalue weighted by atomic mass is 10.2. The lowest BCUT2D eigenvalue weighted by molar-refractivity contribution is 0.102. The lowest BCUT2D eigenvalue weighted by Gasteiger charge is -2.08. The molecule has 2 heterocycles. The quantitative estimate of drug-likeness (QED) is 0.906. The summed E-state index contributed by atoms with van der Waals surface area (Å²) < 4.78 is 0.874. The molecule has 0 radical (unpaired) electrons. The highest BCUT2D eigenvalue weighted by molar-refractivity contribution is 9.11. The van der Waals surface area contributed by atoms with E-state index in [-0.39, 0.29) is 5.91 Å². The van der Waals surface area contributed by atoms with Gasteiger partial charge in [-0.15, -0.1) is 0 Å². The number of anilines is 2. The van der Waals surface area contributed by atoms with Crippen molar-refractivity contribution in [2.45, 2.75) is 6.92 Å². The molecule has 2 aromatic heterocycles. The van der Waals surface area contributed by atoms with Crippen molar-refractivity contribution in [1.29, 1.82) is 0 Å². The average molecular weight is 327 g/mol. The summed E-state index contributed by atoms with van der Waals surface area (Å²) in [6.45, 7) is 2.70. The van der Waals surface area contributed by atoms with Crippen LogP contribution in [0.5, 0.6) is 0 Å². The minimum Gasteiger partial charge on any atom is -0.383 e. The molecule has 0 bridgehead atoms. The van der Waals surface area contributed by atoms with E-state index >= 15 is 0 Å². The van der Waals surface area contributed by atoms with Crippen molar-refractivity contribution in [3.05, 3.63) is 34.0 Å². The van der Waals surface area contributed by atoms with Crippen LogP contribution in [0, 0.1) is 0 Å². The fourth-order valence-electron chi connectivity index (χ4n) is 1.40. The van der Waals surface area contributed by atoms with Crippen LogP contribution in [0.15, 0.2) is 28.4 Å². The molecule has 2 rings (SSSR count). The number of halogens is 1. The van der Waals surface area contributed by atoms with Crippen LogP contribution in [0.1, 0.15) is 17.3 Å². The molecule has 0 aromatic carbocycles. The minimum atomic E-state index is -0.199. The highest BCUT2D eigenvalue weighted by Crippen LogP contribution is 2.24. The Labute approximate surface area is 117 Å². The van der Waals surface area contributed by atoms with E-state index in [9.17, 15) is 4.79 Å². The van der Waals surface area contributed by atoms with E-state index in [1.54, 1.807) is 24.7 Å². The second kappa shape index (κ2) is 5.92. The van der Waals surface area contributed by atoms with Gasteiger partial charge in [0, 0.05) is 12.7 Å². The smallest absolute Gasteiger partial charge is 0.259 e. The van der Waals surface area contributed by atoms with E-state index in [1.807, 2.05) is 6.92 Å². The van der Waals surface area contributed by atoms with E-state index < -0.39 is 0 Å². The number of hydrogen-bond donors (Lipinski definition) is 2. The topological polar surface area (TPSA) is 66.9 Å². The molecule has 0 fully saturated rings. The molecule has 0 aliphatic heterocycles. The summed E-state index contributed by atoms with van der Waals surface area (Å²) in [5.74, 6) is -0.199. The molecule has 1 amide bonds. The average Bonchev–Trinajstić information content (AvgIpc) is 2.76. The maximum absolute atomic E-state index is 12.1. The Morgan fingerprint density at radius 2 is 2.33 bits per heavy atom. The first-order valence-corrected chi connectivity index (χ1v) is 6.92. The number of carbonyl (C=O) groups excluding carboxylic acids is 1. The summed E-state index contributed by atoms with van der Waals surface area (Å²) >= 11 is 4.67. The van der Waals surface area contributed by atoms with Crippen molar-refractivity contribution >= 4 is 44.0 Å². The van der Waals surface area contributed by atoms with E-state index in [0.29, 0.717) is 16.4 Å². The Bertz CT molecular complexity index is 557. The number of aromatic nitrogens is 2. The van der Waals surface area contributed by atoms with Gasteiger partial charge in [0.25, 0.3) is 5.91 Å². The molecule has 0 saturated heterocycles. The Kier molecular flexibility index (Phi) is 4.27. The van der Waals surface area contributed by atoms with Crippen molar-refractivity contribution in [2.75, 3.05) is 17.2 Å². The third-order valence-corrected chi connectivity index (χ3v) is 3.52. The summed E-state index contributed by atoms with van der Waals surface area (Å²) in [5.41, 5.74) is 1.27. The van der Waals surface area contributed by atoms with Gasteiger partial charge in [0.05, 0.1) is 27.4 Å².